The lowest BCUT2D eigenvalue weighted by molar-refractivity contribution is -0.162. The minimum absolute atomic E-state index is 0.0238. The molecule has 1 unspecified atom stereocenters. The van der Waals surface area contributed by atoms with E-state index in [1.807, 2.05) is 22.6 Å². The molecule has 1 aliphatic heterocycles. The number of azide groups is 1. The van der Waals surface area contributed by atoms with Crippen LogP contribution in [-0.2, 0) is 29.9 Å². The first-order valence-corrected chi connectivity index (χ1v) is 16.7. The highest BCUT2D eigenvalue weighted by Gasteiger charge is 2.83. The number of aromatic hydroxyl groups is 1. The molecule has 1 saturated heterocycles. The summed E-state index contributed by atoms with van der Waals surface area (Å²) in [6.07, 6.45) is 2.76. The zero-order chi connectivity index (χ0) is 30.2. The van der Waals surface area contributed by atoms with Crippen LogP contribution in [0, 0.1) is 44.0 Å². The van der Waals surface area contributed by atoms with Gasteiger partial charge in [-0.05, 0) is 103 Å². The van der Waals surface area contributed by atoms with Gasteiger partial charge in [0.15, 0.2) is 0 Å². The summed E-state index contributed by atoms with van der Waals surface area (Å²) in [5.41, 5.74) is 6.01. The molecule has 5 aliphatic rings. The molecule has 1 heterocycles. The van der Waals surface area contributed by atoms with E-state index < -0.39 is 63.1 Å². The predicted octanol–water partition coefficient (Wildman–Crippen LogP) is 4.05. The first-order valence-electron chi connectivity index (χ1n) is 14.1. The van der Waals surface area contributed by atoms with Crippen LogP contribution in [0.15, 0.2) is 17.2 Å². The summed E-state index contributed by atoms with van der Waals surface area (Å²) < 4.78 is 25.0. The van der Waals surface area contributed by atoms with E-state index >= 15 is 0 Å². The highest BCUT2D eigenvalue weighted by Crippen LogP contribution is 2.78. The van der Waals surface area contributed by atoms with E-state index in [-0.39, 0.29) is 47.1 Å². The van der Waals surface area contributed by atoms with Crippen molar-refractivity contribution in [3.05, 3.63) is 31.7 Å². The normalized spacial score (nSPS) is 39.9. The summed E-state index contributed by atoms with van der Waals surface area (Å²) in [6.45, 7) is 1.55. The molecule has 6 rings (SSSR count). The van der Waals surface area contributed by atoms with Crippen molar-refractivity contribution < 1.29 is 43.4 Å². The average molecular weight is 712 g/mol. The van der Waals surface area contributed by atoms with E-state index in [0.717, 1.165) is 12.8 Å². The van der Waals surface area contributed by atoms with Crippen molar-refractivity contribution in [2.24, 2.45) is 45.5 Å². The van der Waals surface area contributed by atoms with Gasteiger partial charge in [-0.1, -0.05) is 5.11 Å². The first-order chi connectivity index (χ1) is 19.9. The molecule has 0 radical (unpaired) electrons. The maximum atomic E-state index is 13.2. The van der Waals surface area contributed by atoms with E-state index in [1.165, 1.54) is 12.1 Å². The van der Waals surface area contributed by atoms with Gasteiger partial charge in [-0.2, -0.15) is 0 Å². The summed E-state index contributed by atoms with van der Waals surface area (Å²) >= 11 is 1.88. The third-order valence-corrected chi connectivity index (χ3v) is 13.3. The van der Waals surface area contributed by atoms with Gasteiger partial charge in [-0.3, -0.25) is 13.8 Å². The zero-order valence-corrected chi connectivity index (χ0v) is 25.9. The van der Waals surface area contributed by atoms with Gasteiger partial charge in [0.2, 0.25) is 0 Å². The molecule has 0 amide bonds. The molecule has 12 nitrogen and oxygen atoms in total. The van der Waals surface area contributed by atoms with Crippen molar-refractivity contribution in [1.82, 2.24) is 0 Å². The van der Waals surface area contributed by atoms with Gasteiger partial charge >= 0.3 is 17.9 Å². The maximum Gasteiger partial charge on any atom is 0.341 e. The largest absolute Gasteiger partial charge is 0.507 e. The second-order valence-corrected chi connectivity index (χ2v) is 15.5. The topological polar surface area (TPSA) is 196 Å². The number of nitrogens with zero attached hydrogens (tertiary/aromatic N) is 3. The maximum absolute atomic E-state index is 13.2. The van der Waals surface area contributed by atoms with Gasteiger partial charge in [-0.25, -0.2) is 4.79 Å². The Balaban J connectivity index is 1.14. The number of aliphatic hydroxyl groups excluding tert-OH is 1. The molecule has 4 aliphatic carbocycles. The van der Waals surface area contributed by atoms with Crippen LogP contribution in [0.5, 0.6) is 5.75 Å². The lowest BCUT2D eigenvalue weighted by Gasteiger charge is -2.44. The van der Waals surface area contributed by atoms with Crippen molar-refractivity contribution in [3.8, 4) is 5.75 Å². The summed E-state index contributed by atoms with van der Waals surface area (Å²) in [5.74, 6) is -3.46. The molecule has 226 valence electrons. The van der Waals surface area contributed by atoms with E-state index in [1.54, 1.807) is 6.92 Å². The van der Waals surface area contributed by atoms with Gasteiger partial charge in [0, 0.05) is 36.9 Å². The second kappa shape index (κ2) is 10.3. The number of carboxylic acid groups (broad SMARTS) is 1. The Morgan fingerprint density at radius 2 is 2.05 bits per heavy atom. The first kappa shape index (κ1) is 29.6. The Labute approximate surface area is 257 Å². The number of rotatable bonds is 8. The van der Waals surface area contributed by atoms with Crippen molar-refractivity contribution in [2.45, 2.75) is 57.2 Å². The van der Waals surface area contributed by atoms with Crippen LogP contribution in [0.3, 0.4) is 0 Å². The Bertz CT molecular complexity index is 1450. The number of aliphatic carboxylic acids is 1. The van der Waals surface area contributed by atoms with E-state index in [9.17, 15) is 33.9 Å². The van der Waals surface area contributed by atoms with Crippen molar-refractivity contribution in [3.63, 3.8) is 0 Å². The number of esters is 2. The summed E-state index contributed by atoms with van der Waals surface area (Å²) in [4.78, 5) is 41.2. The van der Waals surface area contributed by atoms with Crippen LogP contribution >= 0.6 is 22.6 Å². The fourth-order valence-corrected chi connectivity index (χ4v) is 11.4. The van der Waals surface area contributed by atoms with Gasteiger partial charge in [-0.15, -0.1) is 0 Å². The van der Waals surface area contributed by atoms with Crippen LogP contribution in [0.25, 0.3) is 10.4 Å². The number of halogens is 1. The van der Waals surface area contributed by atoms with Gasteiger partial charge in [0.25, 0.3) is 0 Å². The molecule has 5 fully saturated rings. The highest BCUT2D eigenvalue weighted by molar-refractivity contribution is 14.1. The third-order valence-electron chi connectivity index (χ3n) is 11.1. The van der Waals surface area contributed by atoms with E-state index in [0.29, 0.717) is 35.0 Å². The number of ether oxygens (including phenoxy) is 2. The number of carbonyl (C=O) groups is 3. The summed E-state index contributed by atoms with van der Waals surface area (Å²) in [5, 5.41) is 35.1. The number of carbonyl (C=O) groups excluding carboxylic acids is 2. The molecular formula is C28H32IN3O9S. The molecule has 3 N–H and O–H groups in total. The number of benzene rings is 1. The standard InChI is InChI=1S/C28H32IN3O9S/c1-26-20(34)4-5-28(41-25(26)38)19-3-2-13-10-27(19,21(22(26)28)23(35)36)11-14(13)12-42(39)7-6-40-24(37)15-8-16(29)17(31-32-30)9-18(15)33/h8-9,13-14,19-22,33-34H,2-7,10-12H2,1H3,(H,35,36)/t13-,14-,19-,20+,21-,22-,26-,27-,28-,42?/m1/s1/i29-2. The number of hydrogen-bond acceptors (Lipinski definition) is 9. The van der Waals surface area contributed by atoms with Crippen LogP contribution in [-0.4, -0.2) is 67.3 Å². The number of phenols is 1. The van der Waals surface area contributed by atoms with Crippen LogP contribution in [0.4, 0.5) is 5.69 Å². The molecule has 0 aromatic heterocycles. The lowest BCUT2D eigenvalue weighted by atomic mass is 9.59. The molecule has 4 bridgehead atoms. The van der Waals surface area contributed by atoms with Crippen molar-refractivity contribution in [1.29, 1.82) is 0 Å². The molecule has 1 aromatic carbocycles. The van der Waals surface area contributed by atoms with Crippen molar-refractivity contribution >= 4 is 57.0 Å². The average Bonchev–Trinajstić information content (AvgIpc) is 3.41. The molecule has 42 heavy (non-hydrogen) atoms. The smallest absolute Gasteiger partial charge is 0.341 e. The monoisotopic (exact) mass is 711 g/mol. The quantitative estimate of drug-likeness (QED) is 0.117. The van der Waals surface area contributed by atoms with Gasteiger partial charge in [0.05, 0.1) is 28.9 Å². The zero-order valence-electron chi connectivity index (χ0n) is 22.9. The highest BCUT2D eigenvalue weighted by atomic mass is 125. The Hall–Kier alpha value is -2.42. The van der Waals surface area contributed by atoms with Crippen LogP contribution < -0.4 is 0 Å². The van der Waals surface area contributed by atoms with Gasteiger partial charge in [0.1, 0.15) is 23.5 Å². The second-order valence-electron chi connectivity index (χ2n) is 12.7. The molecule has 14 heteroatoms. The number of phenolic OH excluding ortho intramolecular Hbond substituents is 1. The molecule has 1 aromatic rings. The predicted molar refractivity (Wildman–Crippen MR) is 156 cm³/mol. The fraction of sp³-hybridized carbons (Fsp3) is 0.679. The molecular weight excluding hydrogens is 679 g/mol. The Morgan fingerprint density at radius 1 is 1.29 bits per heavy atom. The van der Waals surface area contributed by atoms with Crippen molar-refractivity contribution in [2.75, 3.05) is 18.1 Å². The molecule has 10 atom stereocenters. The SMILES string of the molecule is C[C@@]12C(=O)O[C@]3(CC[C@@H]1O)[C@@H]1CC[C@@H]4C[C@]1(C[C@@H]4CS(=O)CCOC(=O)c1cc([125I])c(N=[N+]=[N-])cc1O)[C@@H](C(=O)O)[C@@H]32. The Morgan fingerprint density at radius 3 is 2.76 bits per heavy atom. The van der Waals surface area contributed by atoms with E-state index in [4.69, 9.17) is 15.0 Å². The molecule has 4 saturated carbocycles. The minimum atomic E-state index is -1.34. The number of aliphatic hydroxyl groups is 1. The van der Waals surface area contributed by atoms with Crippen LogP contribution in [0.1, 0.15) is 55.8 Å². The summed E-state index contributed by atoms with van der Waals surface area (Å²) in [6, 6.07) is 2.53. The Kier molecular flexibility index (Phi) is 7.30. The van der Waals surface area contributed by atoms with Crippen LogP contribution in [0.2, 0.25) is 0 Å². The number of hydrogen-bond donors (Lipinski definition) is 3. The molecule has 1 spiro atoms. The number of carboxylic acids is 1. The summed E-state index contributed by atoms with van der Waals surface area (Å²) in [7, 11) is -1.34. The minimum Gasteiger partial charge on any atom is -0.507 e. The van der Waals surface area contributed by atoms with Gasteiger partial charge < -0.3 is 24.8 Å². The number of fused-ring (bicyclic) bond motifs is 1. The third kappa shape index (κ3) is 4.11. The lowest BCUT2D eigenvalue weighted by Crippen LogP contribution is -2.53. The van der Waals surface area contributed by atoms with E-state index in [2.05, 4.69) is 10.0 Å². The fourth-order valence-electron chi connectivity index (χ4n) is 9.55.